The van der Waals surface area contributed by atoms with Gasteiger partial charge in [-0.25, -0.2) is 8.78 Å². The Balaban J connectivity index is 1.56. The van der Waals surface area contributed by atoms with Crippen LogP contribution in [0.25, 0.3) is 22.3 Å². The van der Waals surface area contributed by atoms with Crippen LogP contribution in [-0.4, -0.2) is 24.2 Å². The van der Waals surface area contributed by atoms with Crippen molar-refractivity contribution in [1.29, 1.82) is 0 Å². The molecule has 0 aliphatic rings. The third-order valence-electron chi connectivity index (χ3n) is 5.46. The maximum Gasteiger partial charge on any atom is 0.248 e. The van der Waals surface area contributed by atoms with Gasteiger partial charge in [-0.1, -0.05) is 44.0 Å². The van der Waals surface area contributed by atoms with Crippen LogP contribution < -0.4 is 4.74 Å². The molecule has 0 spiro atoms. The van der Waals surface area contributed by atoms with Crippen LogP contribution in [0.2, 0.25) is 0 Å². The van der Waals surface area contributed by atoms with Crippen LogP contribution in [0.4, 0.5) is 8.78 Å². The third-order valence-corrected chi connectivity index (χ3v) is 5.46. The Kier molecular flexibility index (Phi) is 8.47. The van der Waals surface area contributed by atoms with Gasteiger partial charge in [-0.15, -0.1) is 0 Å². The van der Waals surface area contributed by atoms with Gasteiger partial charge in [0.1, 0.15) is 17.1 Å². The molecular weight excluding hydrogens is 398 g/mol. The summed E-state index contributed by atoms with van der Waals surface area (Å²) in [5.41, 5.74) is 3.08. The van der Waals surface area contributed by atoms with Gasteiger partial charge in [0.15, 0.2) is 0 Å². The number of furan rings is 1. The molecule has 0 saturated heterocycles. The monoisotopic (exact) mass is 430 g/mol. The summed E-state index contributed by atoms with van der Waals surface area (Å²) in [6, 6.07) is 16.1. The summed E-state index contributed by atoms with van der Waals surface area (Å²) in [6.07, 6.45) is 4.63. The summed E-state index contributed by atoms with van der Waals surface area (Å²) in [7, 11) is 0. The highest BCUT2D eigenvalue weighted by Crippen LogP contribution is 2.31. The zero-order valence-corrected chi connectivity index (χ0v) is 18.2. The number of rotatable bonds is 13. The van der Waals surface area contributed by atoms with Gasteiger partial charge in [-0.2, -0.15) is 0 Å². The Morgan fingerprint density at radius 2 is 1.71 bits per heavy atom. The van der Waals surface area contributed by atoms with Gasteiger partial charge in [0.05, 0.1) is 6.61 Å². The van der Waals surface area contributed by atoms with Crippen molar-refractivity contribution in [2.24, 2.45) is 0 Å². The lowest BCUT2D eigenvalue weighted by molar-refractivity contribution is -0.0254. The molecule has 0 atom stereocenters. The van der Waals surface area contributed by atoms with E-state index in [-0.39, 0.29) is 38.9 Å². The summed E-state index contributed by atoms with van der Waals surface area (Å²) in [5.74, 6) is -1.34. The summed E-state index contributed by atoms with van der Waals surface area (Å²) in [5, 5.41) is 9.67. The quantitative estimate of drug-likeness (QED) is 0.287. The van der Waals surface area contributed by atoms with E-state index in [2.05, 4.69) is 31.2 Å². The molecule has 0 saturated carbocycles. The topological polar surface area (TPSA) is 42.6 Å². The molecule has 1 N–H and O–H groups in total. The minimum atomic E-state index is -2.75. The maximum absolute atomic E-state index is 13.6. The second-order valence-electron chi connectivity index (χ2n) is 8.10. The smallest absolute Gasteiger partial charge is 0.248 e. The van der Waals surface area contributed by atoms with E-state index in [0.717, 1.165) is 23.1 Å². The fourth-order valence-electron chi connectivity index (χ4n) is 3.64. The predicted molar refractivity (Wildman–Crippen MR) is 121 cm³/mol. The molecule has 0 bridgehead atoms. The number of unbranched alkanes of at least 4 members (excludes halogenated alkanes) is 2. The van der Waals surface area contributed by atoms with Crippen LogP contribution in [0.1, 0.15) is 57.4 Å². The third kappa shape index (κ3) is 7.06. The molecule has 1 aromatic heterocycles. The first-order chi connectivity index (χ1) is 15.0. The Hall–Kier alpha value is -2.40. The van der Waals surface area contributed by atoms with Crippen molar-refractivity contribution < 1.29 is 23.0 Å². The van der Waals surface area contributed by atoms with Crippen LogP contribution in [0.3, 0.4) is 0 Å². The fraction of sp³-hybridized carbons (Fsp3) is 0.462. The van der Waals surface area contributed by atoms with Gasteiger partial charge in [-0.3, -0.25) is 0 Å². The lowest BCUT2D eigenvalue weighted by Crippen LogP contribution is -2.17. The summed E-state index contributed by atoms with van der Waals surface area (Å²) < 4.78 is 38.9. The fourth-order valence-corrected chi connectivity index (χ4v) is 3.64. The maximum atomic E-state index is 13.6. The first kappa shape index (κ1) is 23.3. The standard InChI is InChI=1S/C26H32F2O3/c1-2-3-4-7-20-8-10-21(11-9-20)24-18-22-12-13-23(19-25(22)31-24)30-17-6-15-26(27,28)14-5-16-29/h8-13,18-19,29H,2-7,14-17H2,1H3. The number of hydrogen-bond donors (Lipinski definition) is 1. The SMILES string of the molecule is CCCCCc1ccc(-c2cc3ccc(OCCCC(F)(F)CCCO)cc3o2)cc1. The zero-order valence-electron chi connectivity index (χ0n) is 18.2. The average molecular weight is 431 g/mol. The summed E-state index contributed by atoms with van der Waals surface area (Å²) >= 11 is 0. The molecule has 0 unspecified atom stereocenters. The second kappa shape index (κ2) is 11.3. The van der Waals surface area contributed by atoms with E-state index in [1.165, 1.54) is 24.8 Å². The Morgan fingerprint density at radius 1 is 0.935 bits per heavy atom. The highest BCUT2D eigenvalue weighted by molar-refractivity contribution is 5.84. The molecule has 1 heterocycles. The number of hydrogen-bond acceptors (Lipinski definition) is 3. The van der Waals surface area contributed by atoms with Crippen LogP contribution in [0.15, 0.2) is 52.9 Å². The molecule has 5 heteroatoms. The van der Waals surface area contributed by atoms with E-state index < -0.39 is 5.92 Å². The van der Waals surface area contributed by atoms with Crippen LogP contribution in [-0.2, 0) is 6.42 Å². The molecule has 0 radical (unpaired) electrons. The van der Waals surface area contributed by atoms with Gasteiger partial charge in [0.25, 0.3) is 0 Å². The van der Waals surface area contributed by atoms with E-state index >= 15 is 0 Å². The molecule has 2 aromatic carbocycles. The van der Waals surface area contributed by atoms with Gasteiger partial charge < -0.3 is 14.3 Å². The predicted octanol–water partition coefficient (Wildman–Crippen LogP) is 7.40. The lowest BCUT2D eigenvalue weighted by atomic mass is 10.0. The highest BCUT2D eigenvalue weighted by Gasteiger charge is 2.27. The van der Waals surface area contributed by atoms with Crippen molar-refractivity contribution in [2.75, 3.05) is 13.2 Å². The van der Waals surface area contributed by atoms with Gasteiger partial charge in [-0.05, 0) is 49.4 Å². The van der Waals surface area contributed by atoms with E-state index in [4.69, 9.17) is 14.3 Å². The first-order valence-electron chi connectivity index (χ1n) is 11.2. The summed E-state index contributed by atoms with van der Waals surface area (Å²) in [6.45, 7) is 2.22. The number of aryl methyl sites for hydroxylation is 1. The molecule has 3 rings (SSSR count). The van der Waals surface area contributed by atoms with Gasteiger partial charge in [0.2, 0.25) is 5.92 Å². The molecule has 31 heavy (non-hydrogen) atoms. The zero-order chi connectivity index (χ0) is 22.1. The second-order valence-corrected chi connectivity index (χ2v) is 8.10. The largest absolute Gasteiger partial charge is 0.493 e. The highest BCUT2D eigenvalue weighted by atomic mass is 19.3. The normalized spacial score (nSPS) is 11.9. The Bertz CT molecular complexity index is 931. The molecule has 168 valence electrons. The molecule has 0 fully saturated rings. The van der Waals surface area contributed by atoms with E-state index in [9.17, 15) is 8.78 Å². The van der Waals surface area contributed by atoms with Crippen molar-refractivity contribution in [3.8, 4) is 17.1 Å². The van der Waals surface area contributed by atoms with E-state index in [1.54, 1.807) is 0 Å². The number of aliphatic hydroxyl groups excluding tert-OH is 1. The molecule has 0 aliphatic heterocycles. The Morgan fingerprint density at radius 3 is 2.45 bits per heavy atom. The van der Waals surface area contributed by atoms with Crippen molar-refractivity contribution in [2.45, 2.75) is 64.2 Å². The van der Waals surface area contributed by atoms with Crippen LogP contribution in [0, 0.1) is 0 Å². The summed E-state index contributed by atoms with van der Waals surface area (Å²) in [4.78, 5) is 0. The number of benzene rings is 2. The number of ether oxygens (including phenoxy) is 1. The van der Waals surface area contributed by atoms with Crippen molar-refractivity contribution >= 4 is 11.0 Å². The lowest BCUT2D eigenvalue weighted by Gasteiger charge is -2.15. The Labute approximate surface area is 183 Å². The minimum absolute atomic E-state index is 0.118. The molecule has 0 amide bonds. The minimum Gasteiger partial charge on any atom is -0.493 e. The first-order valence-corrected chi connectivity index (χ1v) is 11.2. The molecule has 3 aromatic rings. The van der Waals surface area contributed by atoms with Gasteiger partial charge in [0, 0.05) is 36.5 Å². The van der Waals surface area contributed by atoms with Crippen molar-refractivity contribution in [3.63, 3.8) is 0 Å². The number of halogens is 2. The van der Waals surface area contributed by atoms with Gasteiger partial charge >= 0.3 is 0 Å². The number of aliphatic hydroxyl groups is 1. The van der Waals surface area contributed by atoms with E-state index in [0.29, 0.717) is 11.3 Å². The van der Waals surface area contributed by atoms with Crippen LogP contribution >= 0.6 is 0 Å². The molecular formula is C26H32F2O3. The number of alkyl halides is 2. The van der Waals surface area contributed by atoms with E-state index in [1.807, 2.05) is 24.3 Å². The molecule has 0 aliphatic carbocycles. The molecule has 3 nitrogen and oxygen atoms in total. The van der Waals surface area contributed by atoms with Crippen molar-refractivity contribution in [3.05, 3.63) is 54.1 Å². The number of fused-ring (bicyclic) bond motifs is 1. The average Bonchev–Trinajstić information content (AvgIpc) is 3.19. The van der Waals surface area contributed by atoms with Crippen molar-refractivity contribution in [1.82, 2.24) is 0 Å². The van der Waals surface area contributed by atoms with Crippen LogP contribution in [0.5, 0.6) is 5.75 Å².